The van der Waals surface area contributed by atoms with Crippen LogP contribution in [-0.4, -0.2) is 53.1 Å². The van der Waals surface area contributed by atoms with E-state index >= 15 is 0 Å². The normalized spacial score (nSPS) is 16.6. The van der Waals surface area contributed by atoms with E-state index in [2.05, 4.69) is 4.98 Å². The number of carboxylic acids is 1. The molecule has 7 nitrogen and oxygen atoms in total. The molecule has 27 heavy (non-hydrogen) atoms. The number of anilines is 2. The first-order valence-corrected chi connectivity index (χ1v) is 9.00. The molecule has 1 fully saturated rings. The molecule has 2 aliphatic rings. The van der Waals surface area contributed by atoms with Crippen LogP contribution in [0.15, 0.2) is 24.3 Å². The average Bonchev–Trinajstić information content (AvgIpc) is 3.12. The van der Waals surface area contributed by atoms with Crippen LogP contribution in [0.5, 0.6) is 5.75 Å². The Hall–Kier alpha value is -3.03. The number of nitrogens with one attached hydrogen (secondary N) is 1. The Kier molecular flexibility index (Phi) is 4.47. The number of fused-ring (bicyclic) bond motifs is 1. The van der Waals surface area contributed by atoms with Gasteiger partial charge in [-0.25, -0.2) is 9.18 Å². The summed E-state index contributed by atoms with van der Waals surface area (Å²) >= 11 is 0. The Labute approximate surface area is 155 Å². The van der Waals surface area contributed by atoms with Gasteiger partial charge < -0.3 is 24.6 Å². The van der Waals surface area contributed by atoms with Crippen molar-refractivity contribution in [1.29, 1.82) is 0 Å². The van der Waals surface area contributed by atoms with Crippen LogP contribution in [0.3, 0.4) is 0 Å². The summed E-state index contributed by atoms with van der Waals surface area (Å²) in [5.41, 5.74) is 0.567. The van der Waals surface area contributed by atoms with Crippen LogP contribution in [0.1, 0.15) is 40.1 Å². The molecule has 8 heteroatoms. The number of benzene rings is 1. The van der Waals surface area contributed by atoms with Gasteiger partial charge in [0.15, 0.2) is 11.6 Å². The van der Waals surface area contributed by atoms with Gasteiger partial charge in [-0.3, -0.25) is 4.79 Å². The number of piperidine rings is 1. The van der Waals surface area contributed by atoms with Crippen molar-refractivity contribution in [2.45, 2.75) is 19.3 Å². The number of amides is 1. The molecule has 1 amide bonds. The Balaban J connectivity index is 1.63. The third-order valence-corrected chi connectivity index (χ3v) is 4.97. The minimum absolute atomic E-state index is 0.0694. The maximum absolute atomic E-state index is 14.1. The molecule has 2 N–H and O–H groups in total. The molecule has 0 spiro atoms. The van der Waals surface area contributed by atoms with Crippen LogP contribution in [0.25, 0.3) is 0 Å². The number of aromatic amines is 1. The molecular formula is C19H20FN3O4. The van der Waals surface area contributed by atoms with Gasteiger partial charge in [-0.15, -0.1) is 0 Å². The van der Waals surface area contributed by atoms with Gasteiger partial charge in [-0.1, -0.05) is 0 Å². The lowest BCUT2D eigenvalue weighted by molar-refractivity contribution is 0.0689. The average molecular weight is 373 g/mol. The zero-order valence-electron chi connectivity index (χ0n) is 14.7. The number of nitrogens with zero attached hydrogens (tertiary/aromatic N) is 2. The Bertz CT molecular complexity index is 889. The maximum Gasteiger partial charge on any atom is 0.338 e. The van der Waals surface area contributed by atoms with Crippen molar-refractivity contribution < 1.29 is 23.8 Å². The van der Waals surface area contributed by atoms with Crippen molar-refractivity contribution in [2.75, 3.05) is 31.1 Å². The molecule has 0 saturated carbocycles. The summed E-state index contributed by atoms with van der Waals surface area (Å²) in [6.07, 6.45) is 3.15. The first-order valence-electron chi connectivity index (χ1n) is 9.00. The summed E-state index contributed by atoms with van der Waals surface area (Å²) in [6.45, 7) is 2.32. The zero-order chi connectivity index (χ0) is 19.0. The summed E-state index contributed by atoms with van der Waals surface area (Å²) in [4.78, 5) is 30.5. The number of halogens is 1. The fraction of sp³-hybridized carbons (Fsp3) is 0.368. The molecule has 3 heterocycles. The molecular weight excluding hydrogens is 353 g/mol. The van der Waals surface area contributed by atoms with E-state index in [0.717, 1.165) is 32.4 Å². The fourth-order valence-corrected chi connectivity index (χ4v) is 3.58. The third kappa shape index (κ3) is 3.22. The second-order valence-electron chi connectivity index (χ2n) is 6.72. The summed E-state index contributed by atoms with van der Waals surface area (Å²) < 4.78 is 19.8. The number of carbonyl (C=O) groups is 2. The number of likely N-dealkylation sites (tertiary alicyclic amines) is 1. The standard InChI is InChI=1S/C19H20FN3O4/c20-14-10-12(4-5-13(14)19(25)26)23-8-9-27-16-11-15(21-17(16)23)18(24)22-6-2-1-3-7-22/h4-5,10-11,21H,1-3,6-9H2,(H,25,26). The van der Waals surface area contributed by atoms with Crippen LogP contribution in [0, 0.1) is 5.82 Å². The molecule has 0 radical (unpaired) electrons. The molecule has 0 aliphatic carbocycles. The second-order valence-corrected chi connectivity index (χ2v) is 6.72. The van der Waals surface area contributed by atoms with Crippen molar-refractivity contribution in [2.24, 2.45) is 0 Å². The van der Waals surface area contributed by atoms with Gasteiger partial charge in [0, 0.05) is 24.8 Å². The number of hydrogen-bond acceptors (Lipinski definition) is 4. The molecule has 4 rings (SSSR count). The highest BCUT2D eigenvalue weighted by atomic mass is 19.1. The van der Waals surface area contributed by atoms with E-state index in [9.17, 15) is 14.0 Å². The SMILES string of the molecule is O=C(O)c1ccc(N2CCOc3cc(C(=O)N4CCCCC4)[nH]c32)cc1F. The van der Waals surface area contributed by atoms with Gasteiger partial charge in [0.05, 0.1) is 12.1 Å². The quantitative estimate of drug-likeness (QED) is 0.864. The van der Waals surface area contributed by atoms with Crippen LogP contribution in [0.4, 0.5) is 15.9 Å². The lowest BCUT2D eigenvalue weighted by atomic mass is 10.1. The minimum Gasteiger partial charge on any atom is -0.488 e. The van der Waals surface area contributed by atoms with E-state index < -0.39 is 11.8 Å². The van der Waals surface area contributed by atoms with Crippen molar-refractivity contribution in [3.63, 3.8) is 0 Å². The molecule has 1 aromatic carbocycles. The topological polar surface area (TPSA) is 85.9 Å². The first-order chi connectivity index (χ1) is 13.0. The molecule has 1 saturated heterocycles. The Morgan fingerprint density at radius 1 is 1.11 bits per heavy atom. The van der Waals surface area contributed by atoms with Crippen LogP contribution in [-0.2, 0) is 0 Å². The Morgan fingerprint density at radius 3 is 2.59 bits per heavy atom. The van der Waals surface area contributed by atoms with Crippen LogP contribution in [0.2, 0.25) is 0 Å². The molecule has 2 aromatic rings. The molecule has 0 bridgehead atoms. The van der Waals surface area contributed by atoms with Crippen LogP contribution >= 0.6 is 0 Å². The van der Waals surface area contributed by atoms with Gasteiger partial charge in [0.25, 0.3) is 5.91 Å². The number of aromatic nitrogens is 1. The molecule has 2 aliphatic heterocycles. The van der Waals surface area contributed by atoms with Gasteiger partial charge >= 0.3 is 5.97 Å². The molecule has 142 valence electrons. The van der Waals surface area contributed by atoms with Gasteiger partial charge in [-0.05, 0) is 37.5 Å². The summed E-state index contributed by atoms with van der Waals surface area (Å²) in [5, 5.41) is 8.99. The largest absolute Gasteiger partial charge is 0.488 e. The number of aromatic carboxylic acids is 1. The van der Waals surface area contributed by atoms with Crippen molar-refractivity contribution >= 4 is 23.4 Å². The number of rotatable bonds is 3. The monoisotopic (exact) mass is 373 g/mol. The highest BCUT2D eigenvalue weighted by Gasteiger charge is 2.27. The lowest BCUT2D eigenvalue weighted by Gasteiger charge is -2.29. The minimum atomic E-state index is -1.31. The fourth-order valence-electron chi connectivity index (χ4n) is 3.58. The maximum atomic E-state index is 14.1. The predicted octanol–water partition coefficient (Wildman–Crippen LogP) is 3.01. The third-order valence-electron chi connectivity index (χ3n) is 4.97. The van der Waals surface area contributed by atoms with E-state index in [1.165, 1.54) is 12.1 Å². The summed E-state index contributed by atoms with van der Waals surface area (Å²) in [6, 6.07) is 5.66. The summed E-state index contributed by atoms with van der Waals surface area (Å²) in [5.74, 6) is -1.08. The second kappa shape index (κ2) is 6.94. The molecule has 0 atom stereocenters. The Morgan fingerprint density at radius 2 is 1.89 bits per heavy atom. The number of carbonyl (C=O) groups excluding carboxylic acids is 1. The highest BCUT2D eigenvalue weighted by Crippen LogP contribution is 2.37. The van der Waals surface area contributed by atoms with Gasteiger partial charge in [-0.2, -0.15) is 0 Å². The van der Waals surface area contributed by atoms with E-state index in [1.54, 1.807) is 17.0 Å². The van der Waals surface area contributed by atoms with Crippen molar-refractivity contribution in [1.82, 2.24) is 9.88 Å². The summed E-state index contributed by atoms with van der Waals surface area (Å²) in [7, 11) is 0. The van der Waals surface area contributed by atoms with Gasteiger partial charge in [0.2, 0.25) is 0 Å². The number of carboxylic acid groups (broad SMARTS) is 1. The smallest absolute Gasteiger partial charge is 0.338 e. The van der Waals surface area contributed by atoms with E-state index in [-0.39, 0.29) is 11.5 Å². The number of hydrogen-bond donors (Lipinski definition) is 2. The predicted molar refractivity (Wildman–Crippen MR) is 96.4 cm³/mol. The van der Waals surface area contributed by atoms with Gasteiger partial charge in [0.1, 0.15) is 18.1 Å². The van der Waals surface area contributed by atoms with E-state index in [0.29, 0.717) is 36.1 Å². The molecule has 0 unspecified atom stereocenters. The van der Waals surface area contributed by atoms with E-state index in [4.69, 9.17) is 9.84 Å². The number of H-pyrrole nitrogens is 1. The lowest BCUT2D eigenvalue weighted by Crippen LogP contribution is -2.35. The molecule has 1 aromatic heterocycles. The zero-order valence-corrected chi connectivity index (χ0v) is 14.7. The first kappa shape index (κ1) is 17.4. The van der Waals surface area contributed by atoms with Crippen molar-refractivity contribution in [3.8, 4) is 5.75 Å². The van der Waals surface area contributed by atoms with E-state index in [1.807, 2.05) is 4.90 Å². The number of ether oxygens (including phenoxy) is 1. The van der Waals surface area contributed by atoms with Crippen LogP contribution < -0.4 is 9.64 Å². The highest BCUT2D eigenvalue weighted by molar-refractivity contribution is 5.95. The van der Waals surface area contributed by atoms with Crippen molar-refractivity contribution in [3.05, 3.63) is 41.3 Å².